The zero-order chi connectivity index (χ0) is 17.2. The van der Waals surface area contributed by atoms with E-state index in [9.17, 15) is 9.59 Å². The van der Waals surface area contributed by atoms with Crippen molar-refractivity contribution < 1.29 is 14.0 Å². The van der Waals surface area contributed by atoms with Gasteiger partial charge in [0.2, 0.25) is 11.8 Å². The fraction of sp³-hybridized carbons (Fsp3) is 0.706. The Bertz CT molecular complexity index is 578. The largest absolute Gasteiger partial charge is 0.445 e. The van der Waals surface area contributed by atoms with Crippen molar-refractivity contribution in [1.82, 2.24) is 9.88 Å². The number of aryl methyl sites for hydroxylation is 2. The molecule has 1 fully saturated rings. The minimum absolute atomic E-state index is 0.0927. The second-order valence-electron chi connectivity index (χ2n) is 7.34. The van der Waals surface area contributed by atoms with Crippen LogP contribution in [-0.4, -0.2) is 34.8 Å². The topological polar surface area (TPSA) is 89.4 Å². The van der Waals surface area contributed by atoms with Crippen LogP contribution in [0.1, 0.15) is 57.4 Å². The number of aromatic nitrogens is 1. The van der Waals surface area contributed by atoms with Gasteiger partial charge in [0.05, 0.1) is 5.69 Å². The standard InChI is InChI=1S/C17H27N3O3/c1-11-13(23-16(19-11)17(2,3)4)5-6-14(21)20-9-7-12(8-10-20)15(18)22/h12H,5-10H2,1-4H3,(H2,18,22). The molecule has 23 heavy (non-hydrogen) atoms. The lowest BCUT2D eigenvalue weighted by molar-refractivity contribution is -0.134. The maximum Gasteiger partial charge on any atom is 0.223 e. The predicted octanol–water partition coefficient (Wildman–Crippen LogP) is 1.94. The number of hydrogen-bond acceptors (Lipinski definition) is 4. The number of amides is 2. The summed E-state index contributed by atoms with van der Waals surface area (Å²) >= 11 is 0. The van der Waals surface area contributed by atoms with Crippen LogP contribution in [0, 0.1) is 12.8 Å². The number of carbonyl (C=O) groups excluding carboxylic acids is 2. The molecular formula is C17H27N3O3. The van der Waals surface area contributed by atoms with Crippen molar-refractivity contribution in [1.29, 1.82) is 0 Å². The highest BCUT2D eigenvalue weighted by atomic mass is 16.4. The van der Waals surface area contributed by atoms with Crippen LogP contribution >= 0.6 is 0 Å². The van der Waals surface area contributed by atoms with Crippen LogP contribution in [0.5, 0.6) is 0 Å². The summed E-state index contributed by atoms with van der Waals surface area (Å²) in [6.07, 6.45) is 2.29. The minimum Gasteiger partial charge on any atom is -0.445 e. The van der Waals surface area contributed by atoms with Crippen molar-refractivity contribution in [3.05, 3.63) is 17.3 Å². The summed E-state index contributed by atoms with van der Waals surface area (Å²) in [6.45, 7) is 9.28. The van der Waals surface area contributed by atoms with E-state index in [1.54, 1.807) is 0 Å². The number of hydrogen-bond donors (Lipinski definition) is 1. The van der Waals surface area contributed by atoms with Gasteiger partial charge in [0, 0.05) is 37.3 Å². The second-order valence-corrected chi connectivity index (χ2v) is 7.34. The monoisotopic (exact) mass is 321 g/mol. The average molecular weight is 321 g/mol. The fourth-order valence-corrected chi connectivity index (χ4v) is 2.77. The molecule has 0 radical (unpaired) electrons. The van der Waals surface area contributed by atoms with E-state index in [0.717, 1.165) is 11.5 Å². The number of likely N-dealkylation sites (tertiary alicyclic amines) is 1. The molecule has 1 aromatic rings. The van der Waals surface area contributed by atoms with Crippen LogP contribution in [0.25, 0.3) is 0 Å². The molecule has 1 aliphatic heterocycles. The minimum atomic E-state index is -0.260. The molecule has 2 N–H and O–H groups in total. The Morgan fingerprint density at radius 3 is 2.39 bits per heavy atom. The first kappa shape index (κ1) is 17.5. The highest BCUT2D eigenvalue weighted by Crippen LogP contribution is 2.25. The smallest absolute Gasteiger partial charge is 0.223 e. The lowest BCUT2D eigenvalue weighted by Gasteiger charge is -2.30. The van der Waals surface area contributed by atoms with Gasteiger partial charge in [-0.3, -0.25) is 9.59 Å². The predicted molar refractivity (Wildman–Crippen MR) is 86.8 cm³/mol. The van der Waals surface area contributed by atoms with E-state index in [0.29, 0.717) is 44.7 Å². The Hall–Kier alpha value is -1.85. The normalized spacial score (nSPS) is 16.6. The SMILES string of the molecule is Cc1nc(C(C)(C)C)oc1CCC(=O)N1CCC(C(N)=O)CC1. The van der Waals surface area contributed by atoms with Crippen LogP contribution in [0.4, 0.5) is 0 Å². The third-order valence-electron chi connectivity index (χ3n) is 4.35. The van der Waals surface area contributed by atoms with Crippen molar-refractivity contribution in [3.8, 4) is 0 Å². The van der Waals surface area contributed by atoms with Crippen molar-refractivity contribution in [2.75, 3.05) is 13.1 Å². The summed E-state index contributed by atoms with van der Waals surface area (Å²) in [6, 6.07) is 0. The number of carbonyl (C=O) groups is 2. The molecule has 0 aliphatic carbocycles. The van der Waals surface area contributed by atoms with Gasteiger partial charge in [-0.05, 0) is 19.8 Å². The number of piperidine rings is 1. The molecule has 6 nitrogen and oxygen atoms in total. The van der Waals surface area contributed by atoms with E-state index in [-0.39, 0.29) is 23.1 Å². The lowest BCUT2D eigenvalue weighted by Crippen LogP contribution is -2.41. The van der Waals surface area contributed by atoms with Crippen LogP contribution < -0.4 is 5.73 Å². The summed E-state index contributed by atoms with van der Waals surface area (Å²) in [5, 5.41) is 0. The average Bonchev–Trinajstić information content (AvgIpc) is 2.86. The molecule has 0 spiro atoms. The summed E-state index contributed by atoms with van der Waals surface area (Å²) in [5.41, 5.74) is 6.04. The van der Waals surface area contributed by atoms with Gasteiger partial charge in [0.15, 0.2) is 5.89 Å². The van der Waals surface area contributed by atoms with Gasteiger partial charge < -0.3 is 15.1 Å². The Kier molecular flexibility index (Phi) is 5.12. The maximum absolute atomic E-state index is 12.3. The first-order valence-corrected chi connectivity index (χ1v) is 8.22. The molecule has 2 amide bonds. The lowest BCUT2D eigenvalue weighted by atomic mass is 9.96. The van der Waals surface area contributed by atoms with Gasteiger partial charge in [0.25, 0.3) is 0 Å². The maximum atomic E-state index is 12.3. The van der Waals surface area contributed by atoms with Gasteiger partial charge in [-0.1, -0.05) is 20.8 Å². The first-order chi connectivity index (χ1) is 10.7. The Balaban J connectivity index is 1.88. The van der Waals surface area contributed by atoms with Gasteiger partial charge in [-0.25, -0.2) is 4.98 Å². The van der Waals surface area contributed by atoms with E-state index < -0.39 is 0 Å². The van der Waals surface area contributed by atoms with E-state index >= 15 is 0 Å². The van der Waals surface area contributed by atoms with Crippen LogP contribution in [0.2, 0.25) is 0 Å². The van der Waals surface area contributed by atoms with Gasteiger partial charge >= 0.3 is 0 Å². The van der Waals surface area contributed by atoms with E-state index in [1.165, 1.54) is 0 Å². The molecule has 0 atom stereocenters. The van der Waals surface area contributed by atoms with Gasteiger partial charge in [0.1, 0.15) is 5.76 Å². The third-order valence-corrected chi connectivity index (χ3v) is 4.35. The molecule has 1 saturated heterocycles. The summed E-state index contributed by atoms with van der Waals surface area (Å²) in [5.74, 6) is 1.24. The molecule has 0 aromatic carbocycles. The number of nitrogens with two attached hydrogens (primary N) is 1. The highest BCUT2D eigenvalue weighted by molar-refractivity contribution is 5.79. The molecule has 0 unspecified atom stereocenters. The van der Waals surface area contributed by atoms with Gasteiger partial charge in [-0.2, -0.15) is 0 Å². The highest BCUT2D eigenvalue weighted by Gasteiger charge is 2.26. The zero-order valence-electron chi connectivity index (χ0n) is 14.5. The Labute approximate surface area is 137 Å². The van der Waals surface area contributed by atoms with E-state index in [4.69, 9.17) is 10.2 Å². The van der Waals surface area contributed by atoms with Crippen LogP contribution in [-0.2, 0) is 21.4 Å². The van der Waals surface area contributed by atoms with Crippen molar-refractivity contribution in [2.45, 2.75) is 58.8 Å². The molecule has 2 rings (SSSR count). The number of rotatable bonds is 4. The number of nitrogens with zero attached hydrogens (tertiary/aromatic N) is 2. The molecule has 1 aromatic heterocycles. The van der Waals surface area contributed by atoms with Crippen LogP contribution in [0.15, 0.2) is 4.42 Å². The molecule has 0 saturated carbocycles. The summed E-state index contributed by atoms with van der Waals surface area (Å²) in [4.78, 5) is 29.7. The molecule has 6 heteroatoms. The third kappa shape index (κ3) is 4.33. The van der Waals surface area contributed by atoms with E-state index in [1.807, 2.05) is 11.8 Å². The zero-order valence-corrected chi connectivity index (χ0v) is 14.5. The van der Waals surface area contributed by atoms with E-state index in [2.05, 4.69) is 25.8 Å². The van der Waals surface area contributed by atoms with Crippen LogP contribution in [0.3, 0.4) is 0 Å². The van der Waals surface area contributed by atoms with Gasteiger partial charge in [-0.15, -0.1) is 0 Å². The van der Waals surface area contributed by atoms with Crippen molar-refractivity contribution in [2.24, 2.45) is 11.7 Å². The number of primary amides is 1. The Morgan fingerprint density at radius 1 is 1.30 bits per heavy atom. The summed E-state index contributed by atoms with van der Waals surface area (Å²) in [7, 11) is 0. The first-order valence-electron chi connectivity index (χ1n) is 8.22. The fourth-order valence-electron chi connectivity index (χ4n) is 2.77. The molecule has 128 valence electrons. The molecule has 1 aliphatic rings. The second kappa shape index (κ2) is 6.72. The molecule has 0 bridgehead atoms. The number of oxazole rings is 1. The van der Waals surface area contributed by atoms with Crippen molar-refractivity contribution in [3.63, 3.8) is 0 Å². The quantitative estimate of drug-likeness (QED) is 0.917. The molecular weight excluding hydrogens is 294 g/mol. The molecule has 2 heterocycles. The summed E-state index contributed by atoms with van der Waals surface area (Å²) < 4.78 is 5.82. The Morgan fingerprint density at radius 2 is 1.91 bits per heavy atom. The van der Waals surface area contributed by atoms with Crippen molar-refractivity contribution >= 4 is 11.8 Å².